The average molecular weight is 499 g/mol. The van der Waals surface area contributed by atoms with Gasteiger partial charge in [-0.1, -0.05) is 91.0 Å². The summed E-state index contributed by atoms with van der Waals surface area (Å²) in [6.45, 7) is 7.97. The van der Waals surface area contributed by atoms with Crippen LogP contribution in [0.4, 0.5) is 4.79 Å². The molecule has 0 spiro atoms. The van der Waals surface area contributed by atoms with Crippen LogP contribution in [-0.2, 0) is 5.54 Å². The number of piperidine rings is 1. The summed E-state index contributed by atoms with van der Waals surface area (Å²) in [5.74, 6) is 0.604. The van der Waals surface area contributed by atoms with Gasteiger partial charge in [0.15, 0.2) is 0 Å². The van der Waals surface area contributed by atoms with Crippen LogP contribution in [0.15, 0.2) is 91.0 Å². The SMILES string of the molecule is CN1CCC(C(C)(c2ccccc2)N2CCN(C(=O)NC(c3ccccc3)c3ccccc3)CC2)CC1.[HH]. The van der Waals surface area contributed by atoms with Crippen molar-refractivity contribution >= 4 is 6.03 Å². The van der Waals surface area contributed by atoms with Crippen LogP contribution in [0.25, 0.3) is 0 Å². The predicted molar refractivity (Wildman–Crippen MR) is 153 cm³/mol. The second kappa shape index (κ2) is 11.5. The molecule has 2 aliphatic heterocycles. The van der Waals surface area contributed by atoms with Gasteiger partial charge >= 0.3 is 6.03 Å². The second-order valence-electron chi connectivity index (χ2n) is 10.8. The van der Waals surface area contributed by atoms with Gasteiger partial charge in [0.25, 0.3) is 0 Å². The predicted octanol–water partition coefficient (Wildman–Crippen LogP) is 5.61. The molecule has 37 heavy (non-hydrogen) atoms. The zero-order chi connectivity index (χ0) is 25.7. The van der Waals surface area contributed by atoms with E-state index in [1.807, 2.05) is 41.3 Å². The van der Waals surface area contributed by atoms with Crippen LogP contribution < -0.4 is 5.32 Å². The molecule has 1 N–H and O–H groups in total. The fourth-order valence-electron chi connectivity index (χ4n) is 6.26. The lowest BCUT2D eigenvalue weighted by atomic mass is 9.73. The van der Waals surface area contributed by atoms with Gasteiger partial charge in [-0.15, -0.1) is 0 Å². The molecule has 1 unspecified atom stereocenters. The Labute approximate surface area is 223 Å². The molecule has 5 nitrogen and oxygen atoms in total. The lowest BCUT2D eigenvalue weighted by Gasteiger charge is -2.52. The van der Waals surface area contributed by atoms with E-state index in [1.165, 1.54) is 18.4 Å². The van der Waals surface area contributed by atoms with Gasteiger partial charge in [-0.2, -0.15) is 0 Å². The quantitative estimate of drug-likeness (QED) is 0.480. The van der Waals surface area contributed by atoms with Crippen LogP contribution in [0.1, 0.15) is 43.9 Å². The number of hydrogen-bond donors (Lipinski definition) is 1. The van der Waals surface area contributed by atoms with E-state index in [1.54, 1.807) is 0 Å². The van der Waals surface area contributed by atoms with E-state index >= 15 is 0 Å². The molecule has 0 radical (unpaired) electrons. The number of piperazine rings is 1. The number of urea groups is 1. The Morgan fingerprint density at radius 1 is 0.784 bits per heavy atom. The lowest BCUT2D eigenvalue weighted by molar-refractivity contribution is -0.0110. The summed E-state index contributed by atoms with van der Waals surface area (Å²) in [6, 6.07) is 31.4. The maximum atomic E-state index is 13.5. The van der Waals surface area contributed by atoms with Crippen molar-refractivity contribution in [2.75, 3.05) is 46.3 Å². The summed E-state index contributed by atoms with van der Waals surface area (Å²) in [5, 5.41) is 3.34. The van der Waals surface area contributed by atoms with Crippen molar-refractivity contribution < 1.29 is 6.22 Å². The molecule has 1 atom stereocenters. The summed E-state index contributed by atoms with van der Waals surface area (Å²) in [4.78, 5) is 20.6. The van der Waals surface area contributed by atoms with E-state index in [-0.39, 0.29) is 19.0 Å². The van der Waals surface area contributed by atoms with Gasteiger partial charge in [-0.05, 0) is 62.5 Å². The van der Waals surface area contributed by atoms with Crippen molar-refractivity contribution in [3.63, 3.8) is 0 Å². The molecule has 3 aromatic rings. The number of likely N-dealkylation sites (tertiary alicyclic amines) is 1. The Balaban J connectivity index is 0.00000336. The van der Waals surface area contributed by atoms with Crippen LogP contribution in [0.2, 0.25) is 0 Å². The normalized spacial score (nSPS) is 19.5. The van der Waals surface area contributed by atoms with Gasteiger partial charge in [0, 0.05) is 33.1 Å². The van der Waals surface area contributed by atoms with Crippen LogP contribution in [0, 0.1) is 5.92 Å². The first-order valence-corrected chi connectivity index (χ1v) is 13.7. The monoisotopic (exact) mass is 498 g/mol. The number of nitrogens with one attached hydrogen (secondary N) is 1. The highest BCUT2D eigenvalue weighted by molar-refractivity contribution is 5.75. The van der Waals surface area contributed by atoms with E-state index in [0.29, 0.717) is 5.92 Å². The molecule has 0 saturated carbocycles. The Kier molecular flexibility index (Phi) is 7.92. The maximum Gasteiger partial charge on any atom is 0.318 e. The van der Waals surface area contributed by atoms with Crippen LogP contribution in [0.5, 0.6) is 0 Å². The number of amides is 2. The number of rotatable bonds is 6. The van der Waals surface area contributed by atoms with Gasteiger partial charge < -0.3 is 15.1 Å². The molecule has 0 bridgehead atoms. The fourth-order valence-corrected chi connectivity index (χ4v) is 6.26. The number of nitrogens with zero attached hydrogens (tertiary/aromatic N) is 3. The molecule has 2 amide bonds. The molecule has 3 aromatic carbocycles. The minimum absolute atomic E-state index is 0. The summed E-state index contributed by atoms with van der Waals surface area (Å²) < 4.78 is 0. The van der Waals surface area contributed by atoms with Crippen LogP contribution in [-0.4, -0.2) is 67.0 Å². The van der Waals surface area contributed by atoms with Gasteiger partial charge in [0.2, 0.25) is 0 Å². The Morgan fingerprint density at radius 2 is 1.27 bits per heavy atom. The zero-order valence-electron chi connectivity index (χ0n) is 22.2. The maximum absolute atomic E-state index is 13.5. The minimum atomic E-state index is -0.165. The first kappa shape index (κ1) is 25.5. The van der Waals surface area contributed by atoms with E-state index in [0.717, 1.165) is 50.4 Å². The standard InChI is InChI=1S/C32H40N4O.H2/c1-32(28-16-10-5-11-17-28,29-18-20-34(2)21-19-29)36-24-22-35(23-25-36)31(37)33-30(26-12-6-3-7-13-26)27-14-8-4-9-15-27;/h3-17,29-30H,18-25H2,1-2H3,(H,33,37);1H. The zero-order valence-corrected chi connectivity index (χ0v) is 22.2. The summed E-state index contributed by atoms with van der Waals surface area (Å²) in [5.41, 5.74) is 3.57. The number of carbonyl (C=O) groups is 1. The Hall–Kier alpha value is -3.15. The highest BCUT2D eigenvalue weighted by Gasteiger charge is 2.43. The second-order valence-corrected chi connectivity index (χ2v) is 10.8. The van der Waals surface area contributed by atoms with Crippen molar-refractivity contribution in [1.82, 2.24) is 20.0 Å². The van der Waals surface area contributed by atoms with E-state index in [4.69, 9.17) is 0 Å². The molecule has 2 saturated heterocycles. The third kappa shape index (κ3) is 5.58. The summed E-state index contributed by atoms with van der Waals surface area (Å²) >= 11 is 0. The van der Waals surface area contributed by atoms with Gasteiger partial charge in [0.1, 0.15) is 0 Å². The molecular formula is C32H42N4O. The summed E-state index contributed by atoms with van der Waals surface area (Å²) in [7, 11) is 2.23. The van der Waals surface area contributed by atoms with Crippen molar-refractivity contribution in [1.29, 1.82) is 0 Å². The lowest BCUT2D eigenvalue weighted by Crippen LogP contribution is -2.60. The number of carbonyl (C=O) groups excluding carboxylic acids is 1. The van der Waals surface area contributed by atoms with Crippen molar-refractivity contribution in [3.05, 3.63) is 108 Å². The molecule has 2 heterocycles. The molecule has 0 aromatic heterocycles. The molecule has 2 fully saturated rings. The largest absolute Gasteiger partial charge is 0.327 e. The molecule has 5 rings (SSSR count). The molecule has 196 valence electrons. The highest BCUT2D eigenvalue weighted by Crippen LogP contribution is 2.41. The van der Waals surface area contributed by atoms with E-state index in [9.17, 15) is 4.79 Å². The number of benzene rings is 3. The van der Waals surface area contributed by atoms with Crippen LogP contribution >= 0.6 is 0 Å². The number of hydrogen-bond acceptors (Lipinski definition) is 3. The fraction of sp³-hybridized carbons (Fsp3) is 0.406. The van der Waals surface area contributed by atoms with Crippen LogP contribution in [0.3, 0.4) is 0 Å². The van der Waals surface area contributed by atoms with Crippen molar-refractivity contribution in [2.24, 2.45) is 5.92 Å². The summed E-state index contributed by atoms with van der Waals surface area (Å²) in [6.07, 6.45) is 2.41. The third-order valence-corrected chi connectivity index (χ3v) is 8.63. The first-order chi connectivity index (χ1) is 18.1. The molecule has 5 heteroatoms. The molecule has 2 aliphatic rings. The Bertz CT molecular complexity index is 1090. The van der Waals surface area contributed by atoms with E-state index < -0.39 is 0 Å². The van der Waals surface area contributed by atoms with Gasteiger partial charge in [-0.25, -0.2) is 4.79 Å². The average Bonchev–Trinajstić information content (AvgIpc) is 2.97. The third-order valence-electron chi connectivity index (χ3n) is 8.63. The highest BCUT2D eigenvalue weighted by atomic mass is 16.2. The molecular weight excluding hydrogens is 456 g/mol. The van der Waals surface area contributed by atoms with Crippen molar-refractivity contribution in [3.8, 4) is 0 Å². The topological polar surface area (TPSA) is 38.8 Å². The van der Waals surface area contributed by atoms with E-state index in [2.05, 4.69) is 83.7 Å². The smallest absolute Gasteiger partial charge is 0.318 e. The molecule has 0 aliphatic carbocycles. The van der Waals surface area contributed by atoms with Gasteiger partial charge in [-0.3, -0.25) is 4.90 Å². The Morgan fingerprint density at radius 3 is 1.78 bits per heavy atom. The minimum Gasteiger partial charge on any atom is -0.327 e. The van der Waals surface area contributed by atoms with Gasteiger partial charge in [0.05, 0.1) is 6.04 Å². The first-order valence-electron chi connectivity index (χ1n) is 13.7. The van der Waals surface area contributed by atoms with Crippen molar-refractivity contribution in [2.45, 2.75) is 31.3 Å².